The van der Waals surface area contributed by atoms with Crippen molar-refractivity contribution in [3.63, 3.8) is 0 Å². The number of aryl methyl sites for hydroxylation is 2. The third-order valence-electron chi connectivity index (χ3n) is 6.87. The highest BCUT2D eigenvalue weighted by Crippen LogP contribution is 2.31. The van der Waals surface area contributed by atoms with Crippen molar-refractivity contribution in [3.8, 4) is 6.19 Å². The summed E-state index contributed by atoms with van der Waals surface area (Å²) in [6.07, 6.45) is 5.86. The van der Waals surface area contributed by atoms with Gasteiger partial charge in [0.2, 0.25) is 0 Å². The van der Waals surface area contributed by atoms with Gasteiger partial charge in [-0.25, -0.2) is 4.98 Å². The second-order valence-electron chi connectivity index (χ2n) is 10.4. The van der Waals surface area contributed by atoms with Crippen LogP contribution in [0.15, 0.2) is 79.5 Å². The van der Waals surface area contributed by atoms with E-state index in [4.69, 9.17) is 10.4 Å². The van der Waals surface area contributed by atoms with Gasteiger partial charge in [-0.15, -0.1) is 0 Å². The Bertz CT molecular complexity index is 1380. The molecular weight excluding hydrogens is 571 g/mol. The molecule has 2 aromatic rings. The average Bonchev–Trinajstić information content (AvgIpc) is 2.96. The zero-order valence-corrected chi connectivity index (χ0v) is 25.1. The lowest BCUT2D eigenvalue weighted by Gasteiger charge is -2.30. The molecule has 0 fully saturated rings. The van der Waals surface area contributed by atoms with E-state index in [1.165, 1.54) is 24.5 Å². The number of hydrogen-bond acceptors (Lipinski definition) is 7. The number of likely N-dealkylation sites (N-methyl/N-ethyl adjacent to an activating group) is 1. The molecule has 11 heteroatoms. The number of anilines is 1. The number of nitrogens with zero attached hydrogens (tertiary/aromatic N) is 3. The number of nitrogens with one attached hydrogen (secondary N) is 2. The number of alkyl halides is 3. The van der Waals surface area contributed by atoms with Gasteiger partial charge in [-0.2, -0.15) is 18.4 Å². The summed E-state index contributed by atoms with van der Waals surface area (Å²) in [5, 5.41) is 34.3. The van der Waals surface area contributed by atoms with Crippen molar-refractivity contribution in [1.29, 1.82) is 5.26 Å². The Morgan fingerprint density at radius 3 is 2.55 bits per heavy atom. The van der Waals surface area contributed by atoms with E-state index in [-0.39, 0.29) is 30.5 Å². The number of allylic oxidation sites excluding steroid dienone is 3. The highest BCUT2D eigenvalue weighted by Gasteiger charge is 2.27. The molecule has 0 aliphatic rings. The Morgan fingerprint density at radius 1 is 1.20 bits per heavy atom. The highest BCUT2D eigenvalue weighted by atomic mass is 19.4. The van der Waals surface area contributed by atoms with Crippen LogP contribution in [0.25, 0.3) is 5.57 Å². The minimum atomic E-state index is -4.32. The molecule has 1 unspecified atom stereocenters. The van der Waals surface area contributed by atoms with E-state index >= 15 is 0 Å². The van der Waals surface area contributed by atoms with E-state index in [2.05, 4.69) is 23.5 Å². The van der Waals surface area contributed by atoms with Crippen LogP contribution in [0.2, 0.25) is 0 Å². The highest BCUT2D eigenvalue weighted by molar-refractivity contribution is 5.93. The first kappa shape index (κ1) is 35.6. The molecule has 0 saturated heterocycles. The van der Waals surface area contributed by atoms with Crippen molar-refractivity contribution in [2.75, 3.05) is 19.0 Å². The van der Waals surface area contributed by atoms with Crippen molar-refractivity contribution in [1.82, 2.24) is 15.2 Å². The monoisotopic (exact) mass is 611 g/mol. The van der Waals surface area contributed by atoms with Gasteiger partial charge in [-0.05, 0) is 49.4 Å². The molecule has 1 atom stereocenters. The van der Waals surface area contributed by atoms with E-state index in [1.807, 2.05) is 12.2 Å². The fraction of sp³-hybridized carbons (Fsp3) is 0.364. The van der Waals surface area contributed by atoms with E-state index in [0.717, 1.165) is 24.8 Å². The normalized spacial score (nSPS) is 12.7. The number of nitriles is 1. The van der Waals surface area contributed by atoms with Gasteiger partial charge >= 0.3 is 6.18 Å². The average molecular weight is 612 g/mol. The van der Waals surface area contributed by atoms with Crippen molar-refractivity contribution >= 4 is 17.2 Å². The van der Waals surface area contributed by atoms with Gasteiger partial charge in [-0.1, -0.05) is 68.3 Å². The van der Waals surface area contributed by atoms with Crippen molar-refractivity contribution in [3.05, 3.63) is 102 Å². The molecule has 236 valence electrons. The lowest BCUT2D eigenvalue weighted by molar-refractivity contribution is -0.134. The third kappa shape index (κ3) is 11.6. The number of benzene rings is 1. The molecule has 1 aromatic carbocycles. The molecule has 1 aromatic heterocycles. The van der Waals surface area contributed by atoms with Gasteiger partial charge < -0.3 is 20.4 Å². The van der Waals surface area contributed by atoms with Crippen molar-refractivity contribution in [2.24, 2.45) is 0 Å². The second kappa shape index (κ2) is 17.5. The summed E-state index contributed by atoms with van der Waals surface area (Å²) in [5.74, 6) is -0.781. The number of pyridine rings is 1. The molecule has 0 aliphatic heterocycles. The van der Waals surface area contributed by atoms with Gasteiger partial charge in [0.05, 0.1) is 17.9 Å². The lowest BCUT2D eigenvalue weighted by atomic mass is 9.93. The lowest BCUT2D eigenvalue weighted by Crippen LogP contribution is -2.32. The van der Waals surface area contributed by atoms with Gasteiger partial charge in [-0.3, -0.25) is 10.1 Å². The van der Waals surface area contributed by atoms with Crippen LogP contribution in [-0.2, 0) is 6.42 Å². The topological polar surface area (TPSA) is 122 Å². The molecule has 0 radical (unpaired) electrons. The molecule has 0 aliphatic carbocycles. The van der Waals surface area contributed by atoms with Crippen LogP contribution in [0.5, 0.6) is 0 Å². The van der Waals surface area contributed by atoms with Crippen molar-refractivity contribution < 1.29 is 28.2 Å². The molecule has 0 bridgehead atoms. The summed E-state index contributed by atoms with van der Waals surface area (Å²) in [4.78, 5) is 17.7. The number of halogens is 3. The van der Waals surface area contributed by atoms with Gasteiger partial charge in [0.1, 0.15) is 11.5 Å². The van der Waals surface area contributed by atoms with E-state index in [1.54, 1.807) is 48.5 Å². The Hall–Kier alpha value is -4.56. The number of carbonyl (C=O) groups excluding carboxylic acids is 1. The molecule has 4 N–H and O–H groups in total. The summed E-state index contributed by atoms with van der Waals surface area (Å²) >= 11 is 0. The molecule has 0 spiro atoms. The molecule has 1 heterocycles. The standard InChI is InChI=1S/C33H40F3N5O3/c1-5-10-27(28-19-23(2)12-13-25(28)16-17-33(34,35)36)31(43)21-41(4)30(11-8-6-7-9-18-42)24(3)40-26-14-15-29(38-20-26)32(44)39-22-37/h5,10,12-15,19-21,30,40,42-43H,1,3,6-9,11,16-18H2,2,4H3,(H,39,44)/b27-10-,31-21+. The summed E-state index contributed by atoms with van der Waals surface area (Å²) in [6.45, 7) is 9.88. The molecule has 44 heavy (non-hydrogen) atoms. The van der Waals surface area contributed by atoms with Crippen LogP contribution in [-0.4, -0.2) is 51.9 Å². The number of aliphatic hydroxyl groups excluding tert-OH is 2. The summed E-state index contributed by atoms with van der Waals surface area (Å²) in [6, 6.07) is 7.90. The number of carbonyl (C=O) groups is 1. The number of rotatable bonds is 17. The van der Waals surface area contributed by atoms with Gasteiger partial charge in [0.25, 0.3) is 5.91 Å². The number of unbranched alkanes of at least 4 members (excludes halogenated alkanes) is 3. The fourth-order valence-corrected chi connectivity index (χ4v) is 4.63. The van der Waals surface area contributed by atoms with Crippen LogP contribution in [0, 0.1) is 18.4 Å². The van der Waals surface area contributed by atoms with Crippen LogP contribution >= 0.6 is 0 Å². The first-order chi connectivity index (χ1) is 20.9. The summed E-state index contributed by atoms with van der Waals surface area (Å²) < 4.78 is 39.2. The van der Waals surface area contributed by atoms with Crippen LogP contribution < -0.4 is 10.6 Å². The Morgan fingerprint density at radius 2 is 1.93 bits per heavy atom. The molecule has 0 saturated carbocycles. The van der Waals surface area contributed by atoms with Gasteiger partial charge in [0.15, 0.2) is 6.19 Å². The predicted molar refractivity (Wildman–Crippen MR) is 166 cm³/mol. The van der Waals surface area contributed by atoms with Gasteiger partial charge in [0, 0.05) is 37.5 Å². The third-order valence-corrected chi connectivity index (χ3v) is 6.87. The van der Waals surface area contributed by atoms with E-state index in [0.29, 0.717) is 40.9 Å². The van der Waals surface area contributed by atoms with Crippen LogP contribution in [0.3, 0.4) is 0 Å². The van der Waals surface area contributed by atoms with E-state index in [9.17, 15) is 23.1 Å². The maximum Gasteiger partial charge on any atom is 0.389 e. The largest absolute Gasteiger partial charge is 0.506 e. The first-order valence-electron chi connectivity index (χ1n) is 14.2. The fourth-order valence-electron chi connectivity index (χ4n) is 4.63. The van der Waals surface area contributed by atoms with Crippen LogP contribution in [0.4, 0.5) is 18.9 Å². The number of hydrogen-bond donors (Lipinski definition) is 4. The Balaban J connectivity index is 2.37. The Kier molecular flexibility index (Phi) is 14.2. The zero-order valence-electron chi connectivity index (χ0n) is 25.1. The Labute approximate surface area is 256 Å². The molecule has 2 rings (SSSR count). The summed E-state index contributed by atoms with van der Waals surface area (Å²) in [5.41, 5.74) is 3.30. The van der Waals surface area contributed by atoms with Crippen molar-refractivity contribution in [2.45, 2.75) is 64.1 Å². The van der Waals surface area contributed by atoms with E-state index < -0.39 is 18.5 Å². The number of amides is 1. The number of aliphatic hydroxyl groups is 2. The quantitative estimate of drug-likeness (QED) is 0.0503. The first-order valence-corrected chi connectivity index (χ1v) is 14.2. The summed E-state index contributed by atoms with van der Waals surface area (Å²) in [7, 11) is 1.77. The number of aromatic nitrogens is 1. The van der Waals surface area contributed by atoms with Crippen LogP contribution in [0.1, 0.15) is 65.7 Å². The second-order valence-corrected chi connectivity index (χ2v) is 10.4. The predicted octanol–water partition coefficient (Wildman–Crippen LogP) is 6.93. The molecule has 1 amide bonds. The zero-order chi connectivity index (χ0) is 32.7. The smallest absolute Gasteiger partial charge is 0.389 e. The molecule has 8 nitrogen and oxygen atoms in total. The SMILES string of the molecule is C=C/C=C(\C(O)=C/N(C)C(CCCCCCO)C(=C)Nc1ccc(C(=O)NC#N)nc1)c1cc(C)ccc1CCC(F)(F)F. The molecular formula is C33H40F3N5O3. The maximum atomic E-state index is 13.1. The maximum absolute atomic E-state index is 13.1. The minimum absolute atomic E-state index is 0.0698. The minimum Gasteiger partial charge on any atom is -0.506 e.